The molecule has 0 aliphatic carbocycles. The smallest absolute Gasteiger partial charge is 0.422 e. The summed E-state index contributed by atoms with van der Waals surface area (Å²) in [5.74, 6) is -1.44. The van der Waals surface area contributed by atoms with E-state index in [2.05, 4.69) is 0 Å². The Morgan fingerprint density at radius 2 is 1.38 bits per heavy atom. The van der Waals surface area contributed by atoms with Gasteiger partial charge in [0.15, 0.2) is 0 Å². The van der Waals surface area contributed by atoms with E-state index in [1.54, 1.807) is 0 Å². The third kappa shape index (κ3) is 3.29. The minimum absolute atomic E-state index is 0.137. The summed E-state index contributed by atoms with van der Waals surface area (Å²) < 4.78 is 89.6. The van der Waals surface area contributed by atoms with Crippen LogP contribution in [0.3, 0.4) is 0 Å². The Morgan fingerprint density at radius 3 is 1.75 bits per heavy atom. The van der Waals surface area contributed by atoms with Crippen molar-refractivity contribution in [1.29, 1.82) is 0 Å². The third-order valence-electron chi connectivity index (χ3n) is 3.21. The Morgan fingerprint density at radius 1 is 0.875 bits per heavy atom. The first-order valence-corrected chi connectivity index (χ1v) is 6.59. The van der Waals surface area contributed by atoms with E-state index in [0.717, 1.165) is 4.90 Å². The van der Waals surface area contributed by atoms with Crippen molar-refractivity contribution in [2.24, 2.45) is 0 Å². The van der Waals surface area contributed by atoms with Crippen LogP contribution in [0.4, 0.5) is 32.2 Å². The molecule has 0 aliphatic heterocycles. The Balaban J connectivity index is 2.79. The fraction of sp³-hybridized carbons (Fsp3) is 0.333. The van der Waals surface area contributed by atoms with E-state index in [0.29, 0.717) is 5.75 Å². The summed E-state index contributed by atoms with van der Waals surface area (Å²) in [6, 6.07) is 5.07. The number of methoxy groups -OCH3 is 1. The molecule has 0 saturated heterocycles. The third-order valence-corrected chi connectivity index (χ3v) is 3.21. The van der Waals surface area contributed by atoms with E-state index >= 15 is 0 Å². The summed E-state index contributed by atoms with van der Waals surface area (Å²) in [7, 11) is 3.70. The molecule has 0 amide bonds. The topological polar surface area (TPSA) is 25.6 Å². The van der Waals surface area contributed by atoms with Gasteiger partial charge in [-0.2, -0.15) is 26.3 Å². The lowest BCUT2D eigenvalue weighted by Gasteiger charge is -2.15. The molecule has 1 heterocycles. The van der Waals surface area contributed by atoms with Gasteiger partial charge in [-0.15, -0.1) is 0 Å². The van der Waals surface area contributed by atoms with Crippen LogP contribution < -0.4 is 9.64 Å². The number of hydrogen-bond acceptors (Lipinski definition) is 3. The zero-order valence-electron chi connectivity index (χ0n) is 12.8. The highest BCUT2D eigenvalue weighted by Gasteiger charge is 2.50. The van der Waals surface area contributed by atoms with Crippen LogP contribution in [0.1, 0.15) is 11.1 Å². The van der Waals surface area contributed by atoms with Gasteiger partial charge in [0.25, 0.3) is 0 Å². The molecule has 24 heavy (non-hydrogen) atoms. The summed E-state index contributed by atoms with van der Waals surface area (Å²) in [5, 5.41) is 0. The molecule has 0 saturated carbocycles. The highest BCUT2D eigenvalue weighted by Crippen LogP contribution is 2.51. The highest BCUT2D eigenvalue weighted by atomic mass is 19.4. The number of rotatable bonds is 3. The number of ether oxygens (including phenoxy) is 1. The number of furan rings is 1. The molecule has 0 aliphatic rings. The molecule has 0 atom stereocenters. The normalized spacial score (nSPS) is 12.4. The van der Waals surface area contributed by atoms with Crippen molar-refractivity contribution < 1.29 is 35.5 Å². The molecule has 1 aromatic carbocycles. The van der Waals surface area contributed by atoms with Crippen molar-refractivity contribution in [3.63, 3.8) is 0 Å². The Bertz CT molecular complexity index is 713. The second kappa shape index (κ2) is 5.95. The monoisotopic (exact) mass is 353 g/mol. The van der Waals surface area contributed by atoms with Gasteiger partial charge >= 0.3 is 12.4 Å². The molecule has 0 N–H and O–H groups in total. The van der Waals surface area contributed by atoms with Crippen molar-refractivity contribution in [2.45, 2.75) is 12.4 Å². The lowest BCUT2D eigenvalue weighted by atomic mass is 10.0. The number of benzene rings is 1. The second-order valence-corrected chi connectivity index (χ2v) is 5.10. The average Bonchev–Trinajstić information content (AvgIpc) is 2.88. The van der Waals surface area contributed by atoms with Crippen LogP contribution >= 0.6 is 0 Å². The number of hydrogen-bond donors (Lipinski definition) is 0. The van der Waals surface area contributed by atoms with E-state index < -0.39 is 35.1 Å². The van der Waals surface area contributed by atoms with Crippen LogP contribution in [0, 0.1) is 0 Å². The minimum Gasteiger partial charge on any atom is -0.497 e. The Labute approximate surface area is 133 Å². The van der Waals surface area contributed by atoms with Crippen LogP contribution in [0.15, 0.2) is 28.7 Å². The zero-order chi connectivity index (χ0) is 18.3. The van der Waals surface area contributed by atoms with Gasteiger partial charge in [-0.05, 0) is 24.3 Å². The summed E-state index contributed by atoms with van der Waals surface area (Å²) in [5.41, 5.74) is -3.82. The van der Waals surface area contributed by atoms with Crippen molar-refractivity contribution in [3.8, 4) is 17.1 Å². The predicted molar refractivity (Wildman–Crippen MR) is 75.0 cm³/mol. The molecule has 2 aromatic rings. The predicted octanol–water partition coefficient (Wildman–Crippen LogP) is 5.06. The van der Waals surface area contributed by atoms with E-state index in [9.17, 15) is 26.3 Å². The standard InChI is InChI=1S/C15H13F6NO2/c1-22(2)13-11(15(19,20)21)10(14(16,17)18)12(24-13)8-4-6-9(23-3)7-5-8/h4-7H,1-3H3. The molecule has 3 nitrogen and oxygen atoms in total. The van der Waals surface area contributed by atoms with Crippen LogP contribution in [0.5, 0.6) is 5.75 Å². The summed E-state index contributed by atoms with van der Waals surface area (Å²) in [6.45, 7) is 0. The first kappa shape index (κ1) is 18.0. The maximum absolute atomic E-state index is 13.3. The largest absolute Gasteiger partial charge is 0.497 e. The van der Waals surface area contributed by atoms with Crippen LogP contribution in [-0.4, -0.2) is 21.2 Å². The Hall–Kier alpha value is -2.32. The molecule has 0 fully saturated rings. The highest BCUT2D eigenvalue weighted by molar-refractivity contribution is 5.70. The van der Waals surface area contributed by atoms with Crippen molar-refractivity contribution >= 4 is 5.88 Å². The van der Waals surface area contributed by atoms with E-state index in [4.69, 9.17) is 9.15 Å². The van der Waals surface area contributed by atoms with Gasteiger partial charge in [-0.3, -0.25) is 0 Å². The van der Waals surface area contributed by atoms with Crippen molar-refractivity contribution in [1.82, 2.24) is 0 Å². The van der Waals surface area contributed by atoms with E-state index in [-0.39, 0.29) is 5.56 Å². The molecule has 2 rings (SSSR count). The summed E-state index contributed by atoms with van der Waals surface area (Å²) >= 11 is 0. The number of anilines is 1. The SMILES string of the molecule is COc1ccc(-c2oc(N(C)C)c(C(F)(F)F)c2C(F)(F)F)cc1. The van der Waals surface area contributed by atoms with E-state index in [1.807, 2.05) is 0 Å². The summed E-state index contributed by atoms with van der Waals surface area (Å²) in [4.78, 5) is 0.852. The molecule has 0 bridgehead atoms. The van der Waals surface area contributed by atoms with Gasteiger partial charge in [-0.25, -0.2) is 0 Å². The molecule has 1 aromatic heterocycles. The molecule has 0 spiro atoms. The zero-order valence-corrected chi connectivity index (χ0v) is 12.8. The Kier molecular flexibility index (Phi) is 4.47. The minimum atomic E-state index is -5.24. The molecular weight excluding hydrogens is 340 g/mol. The van der Waals surface area contributed by atoms with Gasteiger partial charge in [-0.1, -0.05) is 0 Å². The first-order chi connectivity index (χ1) is 11.0. The van der Waals surface area contributed by atoms with Gasteiger partial charge in [0, 0.05) is 19.7 Å². The summed E-state index contributed by atoms with van der Waals surface area (Å²) in [6.07, 6.45) is -10.5. The van der Waals surface area contributed by atoms with Gasteiger partial charge < -0.3 is 14.1 Å². The van der Waals surface area contributed by atoms with Gasteiger partial charge in [0.05, 0.1) is 7.11 Å². The maximum atomic E-state index is 13.3. The van der Waals surface area contributed by atoms with Crippen LogP contribution in [-0.2, 0) is 12.4 Å². The van der Waals surface area contributed by atoms with Gasteiger partial charge in [0.2, 0.25) is 5.88 Å². The number of alkyl halides is 6. The number of halogens is 6. The van der Waals surface area contributed by atoms with Crippen LogP contribution in [0.25, 0.3) is 11.3 Å². The van der Waals surface area contributed by atoms with Crippen LogP contribution in [0.2, 0.25) is 0 Å². The molecule has 0 radical (unpaired) electrons. The lowest BCUT2D eigenvalue weighted by Crippen LogP contribution is -2.19. The van der Waals surface area contributed by atoms with E-state index in [1.165, 1.54) is 45.5 Å². The molecular formula is C15H13F6NO2. The fourth-order valence-corrected chi connectivity index (χ4v) is 2.21. The molecule has 0 unspecified atom stereocenters. The van der Waals surface area contributed by atoms with Gasteiger partial charge in [0.1, 0.15) is 22.6 Å². The number of nitrogens with zero attached hydrogens (tertiary/aromatic N) is 1. The second-order valence-electron chi connectivity index (χ2n) is 5.10. The molecule has 9 heteroatoms. The maximum Gasteiger partial charge on any atom is 0.422 e. The van der Waals surface area contributed by atoms with Crippen molar-refractivity contribution in [3.05, 3.63) is 35.4 Å². The average molecular weight is 353 g/mol. The lowest BCUT2D eigenvalue weighted by molar-refractivity contribution is -0.160. The fourth-order valence-electron chi connectivity index (χ4n) is 2.21. The first-order valence-electron chi connectivity index (χ1n) is 6.59. The van der Waals surface area contributed by atoms with Crippen molar-refractivity contribution in [2.75, 3.05) is 26.1 Å². The molecule has 132 valence electrons. The quantitative estimate of drug-likeness (QED) is 0.722.